The molecule has 3 N–H and O–H groups in total. The molecular weight excluding hydrogens is 512 g/mol. The molecule has 6 nitrogen and oxygen atoms in total. The number of carbonyl (C=O) groups excluding carboxylic acids is 2. The van der Waals surface area contributed by atoms with Crippen molar-refractivity contribution in [3.8, 4) is 0 Å². The van der Waals surface area contributed by atoms with E-state index < -0.39 is 41.2 Å². The maximum Gasteiger partial charge on any atom is 0.411 e. The van der Waals surface area contributed by atoms with Crippen molar-refractivity contribution in [2.75, 3.05) is 10.6 Å². The van der Waals surface area contributed by atoms with Gasteiger partial charge in [-0.05, 0) is 56.7 Å². The molecule has 9 heteroatoms. The highest BCUT2D eigenvalue weighted by atomic mass is 35.5. The van der Waals surface area contributed by atoms with E-state index in [1.165, 1.54) is 13.0 Å². The van der Waals surface area contributed by atoms with Crippen molar-refractivity contribution in [2.24, 2.45) is 0 Å². The highest BCUT2D eigenvalue weighted by Crippen LogP contribution is 2.46. The molecule has 0 aromatic heterocycles. The molecule has 198 valence electrons. The second-order valence-corrected chi connectivity index (χ2v) is 10.8. The quantitative estimate of drug-likeness (QED) is 0.376. The van der Waals surface area contributed by atoms with Gasteiger partial charge in [-0.1, -0.05) is 36.8 Å². The third-order valence-corrected chi connectivity index (χ3v) is 7.76. The fourth-order valence-electron chi connectivity index (χ4n) is 5.62. The molecule has 0 fully saturated rings. The highest BCUT2D eigenvalue weighted by Gasteiger charge is 2.46. The fraction of sp³-hybridized carbons (Fsp3) is 0.310. The van der Waals surface area contributed by atoms with Gasteiger partial charge in [0.05, 0.1) is 16.6 Å². The second kappa shape index (κ2) is 9.58. The Bertz CT molecular complexity index is 1420. The van der Waals surface area contributed by atoms with Crippen LogP contribution in [0, 0.1) is 11.6 Å². The van der Waals surface area contributed by atoms with Crippen LogP contribution in [-0.4, -0.2) is 29.6 Å². The van der Waals surface area contributed by atoms with E-state index in [-0.39, 0.29) is 23.0 Å². The number of anilines is 2. The molecule has 1 amide bonds. The van der Waals surface area contributed by atoms with Crippen LogP contribution in [0.1, 0.15) is 61.0 Å². The van der Waals surface area contributed by atoms with E-state index in [0.29, 0.717) is 22.0 Å². The van der Waals surface area contributed by atoms with Crippen molar-refractivity contribution in [3.05, 3.63) is 93.7 Å². The summed E-state index contributed by atoms with van der Waals surface area (Å²) in [5.74, 6) is -2.63. The first-order valence-electron chi connectivity index (χ1n) is 12.4. The topological polar surface area (TPSA) is 79.5 Å². The smallest absolute Gasteiger partial charge is 0.411 e. The van der Waals surface area contributed by atoms with E-state index in [0.717, 1.165) is 5.57 Å². The maximum atomic E-state index is 16.2. The summed E-state index contributed by atoms with van der Waals surface area (Å²) < 4.78 is 37.5. The minimum atomic E-state index is -0.826. The van der Waals surface area contributed by atoms with Crippen LogP contribution >= 0.6 is 11.6 Å². The van der Waals surface area contributed by atoms with Gasteiger partial charge in [-0.15, -0.1) is 0 Å². The summed E-state index contributed by atoms with van der Waals surface area (Å²) >= 11 is 6.26. The van der Waals surface area contributed by atoms with Crippen LogP contribution in [0.3, 0.4) is 0 Å². The van der Waals surface area contributed by atoms with Crippen LogP contribution in [0.2, 0.25) is 0 Å². The molecular formula is C29H28ClF2N3O3. The third kappa shape index (κ3) is 4.47. The molecule has 0 saturated carbocycles. The largest absolute Gasteiger partial charge is 0.443 e. The Balaban J connectivity index is 1.43. The number of hydrogen-bond acceptors (Lipinski definition) is 5. The first kappa shape index (κ1) is 26.0. The summed E-state index contributed by atoms with van der Waals surface area (Å²) in [7, 11) is 0. The average Bonchev–Trinajstić information content (AvgIpc) is 3.23. The van der Waals surface area contributed by atoms with Gasteiger partial charge >= 0.3 is 6.09 Å². The molecule has 2 aliphatic heterocycles. The van der Waals surface area contributed by atoms with Crippen molar-refractivity contribution < 1.29 is 23.1 Å². The number of benzene rings is 2. The number of halogens is 3. The summed E-state index contributed by atoms with van der Waals surface area (Å²) in [6.07, 6.45) is 5.47. The molecule has 2 aromatic carbocycles. The van der Waals surface area contributed by atoms with Gasteiger partial charge in [-0.3, -0.25) is 10.1 Å². The Morgan fingerprint density at radius 2 is 1.84 bits per heavy atom. The summed E-state index contributed by atoms with van der Waals surface area (Å²) in [5.41, 5.74) is 1.44. The molecule has 0 radical (unpaired) electrons. The van der Waals surface area contributed by atoms with Crippen molar-refractivity contribution in [1.82, 2.24) is 5.32 Å². The summed E-state index contributed by atoms with van der Waals surface area (Å²) in [5, 5.41) is 9.46. The number of amides is 1. The van der Waals surface area contributed by atoms with Gasteiger partial charge in [0.25, 0.3) is 0 Å². The Labute approximate surface area is 224 Å². The molecule has 2 aromatic rings. The second-order valence-electron chi connectivity index (χ2n) is 10.4. The van der Waals surface area contributed by atoms with Crippen LogP contribution < -0.4 is 16.0 Å². The molecule has 0 bridgehead atoms. The number of Topliss-reactive ketones (excluding diaryl/α,β-unsaturated/α-hetero) is 1. The number of ether oxygens (including phenoxy) is 1. The van der Waals surface area contributed by atoms with Crippen LogP contribution in [-0.2, 0) is 4.74 Å². The lowest BCUT2D eigenvalue weighted by Gasteiger charge is -2.44. The van der Waals surface area contributed by atoms with E-state index >= 15 is 8.78 Å². The van der Waals surface area contributed by atoms with Crippen LogP contribution in [0.25, 0.3) is 0 Å². The Kier molecular flexibility index (Phi) is 6.55. The van der Waals surface area contributed by atoms with Crippen LogP contribution in [0.5, 0.6) is 0 Å². The number of ketones is 1. The monoisotopic (exact) mass is 539 g/mol. The molecule has 0 spiro atoms. The van der Waals surface area contributed by atoms with Gasteiger partial charge in [-0.25, -0.2) is 13.6 Å². The van der Waals surface area contributed by atoms with Gasteiger partial charge in [0.2, 0.25) is 0 Å². The molecule has 1 aliphatic carbocycles. The molecule has 4 atom stereocenters. The van der Waals surface area contributed by atoms with E-state index in [1.54, 1.807) is 49.5 Å². The highest BCUT2D eigenvalue weighted by molar-refractivity contribution is 6.32. The fourth-order valence-corrected chi connectivity index (χ4v) is 5.86. The number of nitrogens with one attached hydrogen (secondary N) is 3. The van der Waals surface area contributed by atoms with E-state index in [4.69, 9.17) is 16.3 Å². The predicted molar refractivity (Wildman–Crippen MR) is 144 cm³/mol. The first-order valence-corrected chi connectivity index (χ1v) is 12.7. The van der Waals surface area contributed by atoms with Crippen molar-refractivity contribution in [2.45, 2.75) is 57.2 Å². The van der Waals surface area contributed by atoms with Gasteiger partial charge in [0, 0.05) is 46.1 Å². The van der Waals surface area contributed by atoms with Gasteiger partial charge in [-0.2, -0.15) is 0 Å². The SMILES string of the molecule is CC(=O)c1ccc(NC(=O)OC2[C@@H](C)c3c(cc(F)c(C4C=CC=C5C(Cl)=CNC54)c3F)NC2(C)C)cc1. The zero-order chi connectivity index (χ0) is 27.4. The van der Waals surface area contributed by atoms with Gasteiger partial charge < -0.3 is 15.4 Å². The van der Waals surface area contributed by atoms with Gasteiger partial charge in [0.1, 0.15) is 17.7 Å². The number of allylic oxidation sites excluding steroid dienone is 2. The minimum absolute atomic E-state index is 0.0648. The molecule has 2 heterocycles. The first-order chi connectivity index (χ1) is 18.0. The Hall–Kier alpha value is -3.65. The zero-order valence-corrected chi connectivity index (χ0v) is 22.1. The van der Waals surface area contributed by atoms with E-state index in [9.17, 15) is 9.59 Å². The number of fused-ring (bicyclic) bond motifs is 2. The molecule has 0 saturated heterocycles. The number of rotatable bonds is 4. The predicted octanol–water partition coefficient (Wildman–Crippen LogP) is 6.72. The lowest BCUT2D eigenvalue weighted by molar-refractivity contribution is 0.0559. The van der Waals surface area contributed by atoms with Crippen LogP contribution in [0.15, 0.2) is 65.4 Å². The lowest BCUT2D eigenvalue weighted by Crippen LogP contribution is -2.52. The molecule has 5 rings (SSSR count). The minimum Gasteiger partial charge on any atom is -0.443 e. The normalized spacial score (nSPS) is 24.7. The van der Waals surface area contributed by atoms with Crippen molar-refractivity contribution >= 4 is 34.9 Å². The average molecular weight is 540 g/mol. The van der Waals surface area contributed by atoms with Crippen molar-refractivity contribution in [1.29, 1.82) is 0 Å². The standard InChI is InChI=1S/C29H28ClF2N3O3/c1-14-23-22(12-21(31)24(25(23)32)19-7-5-6-18-20(30)13-33-26(18)19)35-29(3,4)27(14)38-28(37)34-17-10-8-16(9-11-17)15(2)36/h5-14,19,26-27,33,35H,1-4H3,(H,34,37)/t14-,19?,26?,27?/m0/s1. The van der Waals surface area contributed by atoms with Gasteiger partial charge in [0.15, 0.2) is 5.78 Å². The maximum absolute atomic E-state index is 16.2. The zero-order valence-electron chi connectivity index (χ0n) is 21.4. The third-order valence-electron chi connectivity index (χ3n) is 7.43. The summed E-state index contributed by atoms with van der Waals surface area (Å²) in [6, 6.07) is 7.36. The Morgan fingerprint density at radius 1 is 1.13 bits per heavy atom. The molecule has 38 heavy (non-hydrogen) atoms. The van der Waals surface area contributed by atoms with E-state index in [2.05, 4.69) is 16.0 Å². The molecule has 3 unspecified atom stereocenters. The van der Waals surface area contributed by atoms with E-state index in [1.807, 2.05) is 19.9 Å². The van der Waals surface area contributed by atoms with Crippen LogP contribution in [0.4, 0.5) is 25.0 Å². The Morgan fingerprint density at radius 3 is 2.53 bits per heavy atom. The lowest BCUT2D eigenvalue weighted by atomic mass is 9.76. The van der Waals surface area contributed by atoms with Crippen molar-refractivity contribution in [3.63, 3.8) is 0 Å². The summed E-state index contributed by atoms with van der Waals surface area (Å²) in [6.45, 7) is 6.85. The number of hydrogen-bond donors (Lipinski definition) is 3. The molecule has 3 aliphatic rings. The number of carbonyl (C=O) groups is 2. The summed E-state index contributed by atoms with van der Waals surface area (Å²) in [4.78, 5) is 24.3.